The zero-order chi connectivity index (χ0) is 20.3. The van der Waals surface area contributed by atoms with Crippen LogP contribution in [0.2, 0.25) is 0 Å². The van der Waals surface area contributed by atoms with E-state index < -0.39 is 0 Å². The number of hydrogen-bond acceptors (Lipinski definition) is 4. The van der Waals surface area contributed by atoms with Gasteiger partial charge in [0.05, 0.1) is 11.6 Å². The van der Waals surface area contributed by atoms with E-state index >= 15 is 0 Å². The van der Waals surface area contributed by atoms with Gasteiger partial charge in [0.25, 0.3) is 0 Å². The summed E-state index contributed by atoms with van der Waals surface area (Å²) < 4.78 is 5.98. The predicted octanol–water partition coefficient (Wildman–Crippen LogP) is 3.06. The number of aryl methyl sites for hydroxylation is 1. The Bertz CT molecular complexity index is 720. The van der Waals surface area contributed by atoms with Gasteiger partial charge in [-0.25, -0.2) is 0 Å². The molecule has 3 rings (SSSR count). The molecule has 2 aliphatic heterocycles. The van der Waals surface area contributed by atoms with E-state index in [2.05, 4.69) is 10.2 Å². The van der Waals surface area contributed by atoms with Gasteiger partial charge in [0, 0.05) is 25.0 Å². The van der Waals surface area contributed by atoms with Crippen LogP contribution in [0.25, 0.3) is 0 Å². The van der Waals surface area contributed by atoms with E-state index in [0.717, 1.165) is 25.2 Å². The summed E-state index contributed by atoms with van der Waals surface area (Å²) in [6, 6.07) is 5.83. The van der Waals surface area contributed by atoms with Gasteiger partial charge in [0.1, 0.15) is 12.4 Å². The third-order valence-electron chi connectivity index (χ3n) is 5.56. The maximum Gasteiger partial charge on any atom is 0.229 e. The van der Waals surface area contributed by atoms with Gasteiger partial charge in [-0.15, -0.1) is 0 Å². The highest BCUT2D eigenvalue weighted by Gasteiger charge is 2.39. The minimum absolute atomic E-state index is 0.0407. The Morgan fingerprint density at radius 1 is 1.25 bits per heavy atom. The lowest BCUT2D eigenvalue weighted by atomic mass is 10.1. The summed E-state index contributed by atoms with van der Waals surface area (Å²) in [6.07, 6.45) is 2.79. The van der Waals surface area contributed by atoms with E-state index in [-0.39, 0.29) is 29.7 Å². The van der Waals surface area contributed by atoms with Gasteiger partial charge in [-0.05, 0) is 71.3 Å². The molecule has 2 aliphatic rings. The summed E-state index contributed by atoms with van der Waals surface area (Å²) in [5.74, 6) is 0.286. The van der Waals surface area contributed by atoms with E-state index in [4.69, 9.17) is 4.74 Å². The fraction of sp³-hybridized carbons (Fsp3) is 0.636. The van der Waals surface area contributed by atoms with Crippen molar-refractivity contribution in [1.82, 2.24) is 9.80 Å². The molecule has 2 heterocycles. The Morgan fingerprint density at radius 2 is 1.96 bits per heavy atom. The zero-order valence-electron chi connectivity index (χ0n) is 17.6. The number of rotatable bonds is 6. The average molecular weight is 388 g/mol. The molecule has 1 atom stereocenters. The SMILES string of the molecule is Cc1ccc(OCCN2CCCC2)c(NC(=O)C2CC(=O)N(C(C)(C)C)C2)c1. The first-order valence-electron chi connectivity index (χ1n) is 10.3. The maximum absolute atomic E-state index is 12.8. The molecular formula is C22H33N3O3. The van der Waals surface area contributed by atoms with Crippen molar-refractivity contribution in [3.05, 3.63) is 23.8 Å². The summed E-state index contributed by atoms with van der Waals surface area (Å²) >= 11 is 0. The molecule has 6 nitrogen and oxygen atoms in total. The van der Waals surface area contributed by atoms with Crippen molar-refractivity contribution in [2.75, 3.05) is 38.1 Å². The number of nitrogens with one attached hydrogen (secondary N) is 1. The first-order chi connectivity index (χ1) is 13.2. The molecule has 1 aromatic carbocycles. The van der Waals surface area contributed by atoms with Crippen molar-refractivity contribution in [2.45, 2.75) is 52.5 Å². The van der Waals surface area contributed by atoms with Crippen LogP contribution < -0.4 is 10.1 Å². The van der Waals surface area contributed by atoms with E-state index in [0.29, 0.717) is 24.6 Å². The summed E-state index contributed by atoms with van der Waals surface area (Å²) in [4.78, 5) is 29.3. The lowest BCUT2D eigenvalue weighted by molar-refractivity contribution is -0.131. The molecule has 0 radical (unpaired) electrons. The van der Waals surface area contributed by atoms with Crippen LogP contribution in [0.5, 0.6) is 5.75 Å². The molecule has 0 aromatic heterocycles. The molecule has 0 spiro atoms. The Hall–Kier alpha value is -2.08. The molecule has 28 heavy (non-hydrogen) atoms. The zero-order valence-corrected chi connectivity index (χ0v) is 17.6. The number of nitrogens with zero attached hydrogens (tertiary/aromatic N) is 2. The largest absolute Gasteiger partial charge is 0.490 e. The number of likely N-dealkylation sites (tertiary alicyclic amines) is 2. The normalized spacial score (nSPS) is 20.6. The smallest absolute Gasteiger partial charge is 0.229 e. The van der Waals surface area contributed by atoms with Crippen LogP contribution >= 0.6 is 0 Å². The predicted molar refractivity (Wildman–Crippen MR) is 111 cm³/mol. The highest BCUT2D eigenvalue weighted by atomic mass is 16.5. The molecule has 154 valence electrons. The van der Waals surface area contributed by atoms with Gasteiger partial charge in [-0.3, -0.25) is 14.5 Å². The standard InChI is InChI=1S/C22H33N3O3/c1-16-7-8-19(28-12-11-24-9-5-6-10-24)18(13-16)23-21(27)17-14-20(26)25(15-17)22(2,3)4/h7-8,13,17H,5-6,9-12,14-15H2,1-4H3,(H,23,27). The Kier molecular flexibility index (Phi) is 6.28. The van der Waals surface area contributed by atoms with Crippen LogP contribution in [0.15, 0.2) is 18.2 Å². The Balaban J connectivity index is 1.62. The Morgan fingerprint density at radius 3 is 2.61 bits per heavy atom. The van der Waals surface area contributed by atoms with Crippen molar-refractivity contribution in [2.24, 2.45) is 5.92 Å². The second-order valence-corrected chi connectivity index (χ2v) is 8.96. The molecule has 6 heteroatoms. The molecule has 2 saturated heterocycles. The molecule has 2 fully saturated rings. The first kappa shape index (κ1) is 20.6. The average Bonchev–Trinajstić information content (AvgIpc) is 3.26. The molecule has 1 N–H and O–H groups in total. The minimum atomic E-state index is -0.329. The molecule has 1 unspecified atom stereocenters. The van der Waals surface area contributed by atoms with Gasteiger partial charge < -0.3 is 15.0 Å². The summed E-state index contributed by atoms with van der Waals surface area (Å²) in [5, 5.41) is 3.01. The number of carbonyl (C=O) groups is 2. The second kappa shape index (κ2) is 8.52. The quantitative estimate of drug-likeness (QED) is 0.815. The number of benzene rings is 1. The summed E-state index contributed by atoms with van der Waals surface area (Å²) in [6.45, 7) is 12.2. The monoisotopic (exact) mass is 387 g/mol. The molecule has 0 saturated carbocycles. The molecule has 1 aromatic rings. The fourth-order valence-electron chi connectivity index (χ4n) is 3.92. The first-order valence-corrected chi connectivity index (χ1v) is 10.3. The van der Waals surface area contributed by atoms with Gasteiger partial charge in [0.15, 0.2) is 0 Å². The van der Waals surface area contributed by atoms with Crippen molar-refractivity contribution < 1.29 is 14.3 Å². The number of ether oxygens (including phenoxy) is 1. The van der Waals surface area contributed by atoms with Crippen LogP contribution in [0, 0.1) is 12.8 Å². The highest BCUT2D eigenvalue weighted by Crippen LogP contribution is 2.30. The topological polar surface area (TPSA) is 61.9 Å². The van der Waals surface area contributed by atoms with Gasteiger partial charge in [-0.1, -0.05) is 6.07 Å². The second-order valence-electron chi connectivity index (χ2n) is 8.96. The van der Waals surface area contributed by atoms with E-state index in [1.807, 2.05) is 45.9 Å². The van der Waals surface area contributed by atoms with Gasteiger partial charge in [-0.2, -0.15) is 0 Å². The molecule has 2 amide bonds. The Labute approximate surface area is 168 Å². The number of carbonyl (C=O) groups excluding carboxylic acids is 2. The van der Waals surface area contributed by atoms with Crippen LogP contribution in [-0.2, 0) is 9.59 Å². The highest BCUT2D eigenvalue weighted by molar-refractivity contribution is 5.98. The maximum atomic E-state index is 12.8. The van der Waals surface area contributed by atoms with Crippen LogP contribution in [0.4, 0.5) is 5.69 Å². The van der Waals surface area contributed by atoms with Crippen molar-refractivity contribution in [3.8, 4) is 5.75 Å². The van der Waals surface area contributed by atoms with Crippen molar-refractivity contribution in [3.63, 3.8) is 0 Å². The molecular weight excluding hydrogens is 354 g/mol. The van der Waals surface area contributed by atoms with E-state index in [1.165, 1.54) is 12.8 Å². The third kappa shape index (κ3) is 5.04. The summed E-state index contributed by atoms with van der Waals surface area (Å²) in [7, 11) is 0. The van der Waals surface area contributed by atoms with Gasteiger partial charge >= 0.3 is 0 Å². The van der Waals surface area contributed by atoms with E-state index in [9.17, 15) is 9.59 Å². The minimum Gasteiger partial charge on any atom is -0.490 e. The molecule has 0 aliphatic carbocycles. The lowest BCUT2D eigenvalue weighted by Crippen LogP contribution is -2.42. The van der Waals surface area contributed by atoms with E-state index in [1.54, 1.807) is 4.90 Å². The fourth-order valence-corrected chi connectivity index (χ4v) is 3.92. The van der Waals surface area contributed by atoms with Crippen LogP contribution in [0.3, 0.4) is 0 Å². The van der Waals surface area contributed by atoms with Gasteiger partial charge in [0.2, 0.25) is 11.8 Å². The lowest BCUT2D eigenvalue weighted by Gasteiger charge is -2.32. The molecule has 0 bridgehead atoms. The van der Waals surface area contributed by atoms with Crippen LogP contribution in [-0.4, -0.2) is 59.9 Å². The third-order valence-corrected chi connectivity index (χ3v) is 5.56. The van der Waals surface area contributed by atoms with Crippen LogP contribution in [0.1, 0.15) is 45.6 Å². The van der Waals surface area contributed by atoms with Crippen molar-refractivity contribution in [1.29, 1.82) is 0 Å². The number of hydrogen-bond donors (Lipinski definition) is 1. The number of amides is 2. The van der Waals surface area contributed by atoms with Crippen molar-refractivity contribution >= 4 is 17.5 Å². The number of anilines is 1. The summed E-state index contributed by atoms with van der Waals surface area (Å²) in [5.41, 5.74) is 1.48.